The van der Waals surface area contributed by atoms with E-state index in [0.29, 0.717) is 12.0 Å². The molecule has 0 heterocycles. The number of hydrogen-bond donors (Lipinski definition) is 2. The van der Waals surface area contributed by atoms with Crippen LogP contribution in [0.15, 0.2) is 24.3 Å². The van der Waals surface area contributed by atoms with Gasteiger partial charge >= 0.3 is 5.97 Å². The Bertz CT molecular complexity index is 475. The van der Waals surface area contributed by atoms with Crippen LogP contribution in [0, 0.1) is 9.49 Å². The van der Waals surface area contributed by atoms with Crippen LogP contribution in [0.2, 0.25) is 0 Å². The SMILES string of the molecule is O=C(N[C@H]1CCC[C@H]1C(=O)O)c1cccc(I)c1. The van der Waals surface area contributed by atoms with E-state index in [9.17, 15) is 9.59 Å². The molecule has 1 aliphatic rings. The number of hydrogen-bond acceptors (Lipinski definition) is 2. The number of carbonyl (C=O) groups excluding carboxylic acids is 1. The summed E-state index contributed by atoms with van der Waals surface area (Å²) in [5.41, 5.74) is 0.581. The highest BCUT2D eigenvalue weighted by molar-refractivity contribution is 14.1. The Hall–Kier alpha value is -1.11. The summed E-state index contributed by atoms with van der Waals surface area (Å²) in [6.45, 7) is 0. The molecule has 0 radical (unpaired) electrons. The van der Waals surface area contributed by atoms with E-state index in [1.165, 1.54) is 0 Å². The topological polar surface area (TPSA) is 66.4 Å². The molecule has 2 rings (SSSR count). The van der Waals surface area contributed by atoms with E-state index in [1.807, 2.05) is 12.1 Å². The molecule has 0 unspecified atom stereocenters. The van der Waals surface area contributed by atoms with Crippen LogP contribution in [0.25, 0.3) is 0 Å². The lowest BCUT2D eigenvalue weighted by molar-refractivity contribution is -0.142. The molecule has 0 aromatic heterocycles. The largest absolute Gasteiger partial charge is 0.481 e. The van der Waals surface area contributed by atoms with Crippen LogP contribution in [0.5, 0.6) is 0 Å². The predicted octanol–water partition coefficient (Wildman–Crippen LogP) is 2.27. The van der Waals surface area contributed by atoms with Crippen molar-refractivity contribution in [3.05, 3.63) is 33.4 Å². The molecule has 2 N–H and O–H groups in total. The smallest absolute Gasteiger partial charge is 0.308 e. The van der Waals surface area contributed by atoms with Gasteiger partial charge in [0.2, 0.25) is 0 Å². The number of aliphatic carboxylic acids is 1. The van der Waals surface area contributed by atoms with Gasteiger partial charge in [-0.1, -0.05) is 12.5 Å². The molecular formula is C13H14INO3. The lowest BCUT2D eigenvalue weighted by Gasteiger charge is -2.17. The number of nitrogens with one attached hydrogen (secondary N) is 1. The quantitative estimate of drug-likeness (QED) is 0.814. The first-order chi connectivity index (χ1) is 8.58. The number of amides is 1. The Labute approximate surface area is 119 Å². The highest BCUT2D eigenvalue weighted by Crippen LogP contribution is 2.26. The molecule has 0 bridgehead atoms. The maximum absolute atomic E-state index is 12.0. The number of rotatable bonds is 3. The summed E-state index contributed by atoms with van der Waals surface area (Å²) in [6.07, 6.45) is 2.24. The minimum absolute atomic E-state index is 0.188. The molecule has 0 aliphatic heterocycles. The van der Waals surface area contributed by atoms with E-state index in [2.05, 4.69) is 27.9 Å². The molecule has 96 valence electrons. The van der Waals surface area contributed by atoms with E-state index in [-0.39, 0.29) is 11.9 Å². The second-order valence-corrected chi connectivity index (χ2v) is 5.71. The zero-order valence-corrected chi connectivity index (χ0v) is 11.9. The molecule has 1 amide bonds. The lowest BCUT2D eigenvalue weighted by atomic mass is 10.0. The summed E-state index contributed by atoms with van der Waals surface area (Å²) in [5.74, 6) is -1.45. The van der Waals surface area contributed by atoms with Crippen molar-refractivity contribution in [3.8, 4) is 0 Å². The van der Waals surface area contributed by atoms with Crippen LogP contribution in [0.4, 0.5) is 0 Å². The van der Waals surface area contributed by atoms with Gasteiger partial charge in [-0.15, -0.1) is 0 Å². The first-order valence-corrected chi connectivity index (χ1v) is 6.95. The number of carboxylic acids is 1. The molecule has 0 spiro atoms. The summed E-state index contributed by atoms with van der Waals surface area (Å²) in [4.78, 5) is 23.0. The number of benzene rings is 1. The Morgan fingerprint density at radius 3 is 2.78 bits per heavy atom. The minimum atomic E-state index is -0.819. The molecule has 18 heavy (non-hydrogen) atoms. The van der Waals surface area contributed by atoms with Crippen molar-refractivity contribution in [3.63, 3.8) is 0 Å². The lowest BCUT2D eigenvalue weighted by Crippen LogP contribution is -2.40. The summed E-state index contributed by atoms with van der Waals surface area (Å²) >= 11 is 2.14. The van der Waals surface area contributed by atoms with E-state index in [0.717, 1.165) is 16.4 Å². The fraction of sp³-hybridized carbons (Fsp3) is 0.385. The molecule has 1 aliphatic carbocycles. The van der Waals surface area contributed by atoms with Crippen LogP contribution in [-0.2, 0) is 4.79 Å². The fourth-order valence-electron chi connectivity index (χ4n) is 2.31. The molecule has 1 saturated carbocycles. The van der Waals surface area contributed by atoms with Crippen LogP contribution < -0.4 is 5.32 Å². The van der Waals surface area contributed by atoms with Crippen molar-refractivity contribution in [2.24, 2.45) is 5.92 Å². The zero-order chi connectivity index (χ0) is 13.1. The molecule has 4 nitrogen and oxygen atoms in total. The third-order valence-corrected chi connectivity index (χ3v) is 3.91. The van der Waals surface area contributed by atoms with E-state index >= 15 is 0 Å². The van der Waals surface area contributed by atoms with Gasteiger partial charge in [-0.25, -0.2) is 0 Å². The molecule has 1 aromatic rings. The third-order valence-electron chi connectivity index (χ3n) is 3.24. The standard InChI is InChI=1S/C13H14INO3/c14-9-4-1-3-8(7-9)12(16)15-11-6-2-5-10(11)13(17)18/h1,3-4,7,10-11H,2,5-6H2,(H,15,16)(H,17,18)/t10-,11+/m1/s1. The maximum atomic E-state index is 12.0. The predicted molar refractivity (Wildman–Crippen MR) is 75.4 cm³/mol. The van der Waals surface area contributed by atoms with Gasteiger partial charge < -0.3 is 10.4 Å². The molecule has 5 heteroatoms. The van der Waals surface area contributed by atoms with Crippen LogP contribution in [-0.4, -0.2) is 23.0 Å². The molecular weight excluding hydrogens is 345 g/mol. The number of carboxylic acid groups (broad SMARTS) is 1. The Balaban J connectivity index is 2.05. The van der Waals surface area contributed by atoms with Crippen LogP contribution >= 0.6 is 22.6 Å². The Kier molecular flexibility index (Phi) is 4.21. The van der Waals surface area contributed by atoms with Gasteiger partial charge in [0.25, 0.3) is 5.91 Å². The summed E-state index contributed by atoms with van der Waals surface area (Å²) in [5, 5.41) is 11.9. The van der Waals surface area contributed by atoms with Crippen molar-refractivity contribution < 1.29 is 14.7 Å². The molecule has 0 saturated heterocycles. The van der Waals surface area contributed by atoms with Crippen molar-refractivity contribution in [2.45, 2.75) is 25.3 Å². The minimum Gasteiger partial charge on any atom is -0.481 e. The fourth-order valence-corrected chi connectivity index (χ4v) is 2.85. The second kappa shape index (κ2) is 5.69. The maximum Gasteiger partial charge on any atom is 0.308 e. The van der Waals surface area contributed by atoms with Gasteiger partial charge in [0.05, 0.1) is 5.92 Å². The zero-order valence-electron chi connectivity index (χ0n) is 9.73. The van der Waals surface area contributed by atoms with Gasteiger partial charge in [-0.2, -0.15) is 0 Å². The molecule has 2 atom stereocenters. The van der Waals surface area contributed by atoms with E-state index < -0.39 is 11.9 Å². The third kappa shape index (κ3) is 3.01. The summed E-state index contributed by atoms with van der Waals surface area (Å²) in [7, 11) is 0. The average Bonchev–Trinajstić information content (AvgIpc) is 2.77. The van der Waals surface area contributed by atoms with Crippen molar-refractivity contribution in [1.29, 1.82) is 0 Å². The first-order valence-electron chi connectivity index (χ1n) is 5.87. The Morgan fingerprint density at radius 2 is 2.11 bits per heavy atom. The molecule has 1 fully saturated rings. The monoisotopic (exact) mass is 359 g/mol. The average molecular weight is 359 g/mol. The van der Waals surface area contributed by atoms with Gasteiger partial charge in [-0.3, -0.25) is 9.59 Å². The summed E-state index contributed by atoms with van der Waals surface area (Å²) < 4.78 is 0.987. The number of carbonyl (C=O) groups is 2. The van der Waals surface area contributed by atoms with Gasteiger partial charge in [0, 0.05) is 15.2 Å². The van der Waals surface area contributed by atoms with Crippen molar-refractivity contribution >= 4 is 34.5 Å². The van der Waals surface area contributed by atoms with Crippen LogP contribution in [0.3, 0.4) is 0 Å². The van der Waals surface area contributed by atoms with Crippen molar-refractivity contribution in [1.82, 2.24) is 5.32 Å². The highest BCUT2D eigenvalue weighted by atomic mass is 127. The van der Waals surface area contributed by atoms with Gasteiger partial charge in [0.15, 0.2) is 0 Å². The second-order valence-electron chi connectivity index (χ2n) is 4.47. The number of halogens is 1. The van der Waals surface area contributed by atoms with Gasteiger partial charge in [0.1, 0.15) is 0 Å². The van der Waals surface area contributed by atoms with E-state index in [4.69, 9.17) is 5.11 Å². The van der Waals surface area contributed by atoms with Gasteiger partial charge in [-0.05, 0) is 53.6 Å². The summed E-state index contributed by atoms with van der Waals surface area (Å²) in [6, 6.07) is 7.02. The van der Waals surface area contributed by atoms with Crippen LogP contribution in [0.1, 0.15) is 29.6 Å². The van der Waals surface area contributed by atoms with E-state index in [1.54, 1.807) is 12.1 Å². The molecule has 1 aromatic carbocycles. The highest BCUT2D eigenvalue weighted by Gasteiger charge is 2.33. The Morgan fingerprint density at radius 1 is 1.33 bits per heavy atom. The normalized spacial score (nSPS) is 22.7. The van der Waals surface area contributed by atoms with Crippen molar-refractivity contribution in [2.75, 3.05) is 0 Å². The first kappa shape index (κ1) is 13.3.